The van der Waals surface area contributed by atoms with Crippen LogP contribution in [-0.4, -0.2) is 47.9 Å². The van der Waals surface area contributed by atoms with E-state index in [-0.39, 0.29) is 36.8 Å². The van der Waals surface area contributed by atoms with E-state index < -0.39 is 11.5 Å². The van der Waals surface area contributed by atoms with Crippen molar-refractivity contribution >= 4 is 17.8 Å². The molecule has 1 spiro atoms. The maximum Gasteiger partial charge on any atom is 0.307 e. The highest BCUT2D eigenvalue weighted by molar-refractivity contribution is 6.02. The molecule has 4 rings (SSSR count). The Morgan fingerprint density at radius 3 is 2.45 bits per heavy atom. The van der Waals surface area contributed by atoms with Crippen LogP contribution >= 0.6 is 0 Å². The maximum absolute atomic E-state index is 13.8. The average molecular weight is 427 g/mol. The number of carbonyl (C=O) groups excluding carboxylic acids is 3. The number of hydrogen-bond acceptors (Lipinski definition) is 4. The summed E-state index contributed by atoms with van der Waals surface area (Å²) in [7, 11) is 1.35. The molecule has 0 bridgehead atoms. The van der Waals surface area contributed by atoms with Gasteiger partial charge in [0.1, 0.15) is 0 Å². The van der Waals surface area contributed by atoms with Crippen molar-refractivity contribution in [3.05, 3.63) is 35.4 Å². The van der Waals surface area contributed by atoms with E-state index in [4.69, 9.17) is 4.74 Å². The topological polar surface area (TPSA) is 75.7 Å². The fourth-order valence-corrected chi connectivity index (χ4v) is 6.14. The first-order chi connectivity index (χ1) is 15.1. The van der Waals surface area contributed by atoms with Gasteiger partial charge < -0.3 is 15.0 Å². The molecule has 2 saturated carbocycles. The fraction of sp³-hybridized carbons (Fsp3) is 0.640. The zero-order chi connectivity index (χ0) is 21.8. The Kier molecular flexibility index (Phi) is 6.63. The van der Waals surface area contributed by atoms with Crippen molar-refractivity contribution in [1.29, 1.82) is 0 Å². The molecule has 6 heteroatoms. The van der Waals surface area contributed by atoms with Crippen molar-refractivity contribution in [2.45, 2.75) is 88.1 Å². The Morgan fingerprint density at radius 1 is 1.06 bits per heavy atom. The van der Waals surface area contributed by atoms with Crippen molar-refractivity contribution < 1.29 is 19.1 Å². The van der Waals surface area contributed by atoms with Crippen LogP contribution in [0.4, 0.5) is 0 Å². The van der Waals surface area contributed by atoms with E-state index in [2.05, 4.69) is 10.2 Å². The minimum Gasteiger partial charge on any atom is -0.469 e. The summed E-state index contributed by atoms with van der Waals surface area (Å²) < 4.78 is 4.71. The Labute approximate surface area is 184 Å². The monoisotopic (exact) mass is 426 g/mol. The predicted molar refractivity (Wildman–Crippen MR) is 118 cm³/mol. The lowest BCUT2D eigenvalue weighted by Crippen LogP contribution is -2.65. The molecular formula is C25H34N2O4. The lowest BCUT2D eigenvalue weighted by atomic mass is 9.64. The third-order valence-corrected chi connectivity index (χ3v) is 7.52. The minimum atomic E-state index is -0.471. The van der Waals surface area contributed by atoms with Crippen LogP contribution in [0.25, 0.3) is 0 Å². The molecule has 3 aliphatic rings. The van der Waals surface area contributed by atoms with Crippen molar-refractivity contribution in [2.24, 2.45) is 0 Å². The highest BCUT2D eigenvalue weighted by atomic mass is 16.5. The normalized spacial score (nSPS) is 23.3. The number of methoxy groups -OCH3 is 1. The molecule has 1 aromatic carbocycles. The first kappa shape index (κ1) is 21.8. The molecule has 0 aromatic heterocycles. The van der Waals surface area contributed by atoms with Gasteiger partial charge in [0.25, 0.3) is 5.91 Å². The number of ether oxygens (including phenoxy) is 1. The minimum absolute atomic E-state index is 0.0773. The van der Waals surface area contributed by atoms with Gasteiger partial charge in [0.05, 0.1) is 25.0 Å². The molecule has 168 valence electrons. The number of benzene rings is 1. The quantitative estimate of drug-likeness (QED) is 0.724. The number of nitrogens with one attached hydrogen (secondary N) is 1. The molecule has 0 radical (unpaired) electrons. The van der Waals surface area contributed by atoms with Crippen LogP contribution in [-0.2, 0) is 14.3 Å². The van der Waals surface area contributed by atoms with E-state index in [1.165, 1.54) is 13.5 Å². The lowest BCUT2D eigenvalue weighted by molar-refractivity contribution is -0.140. The standard InChI is InChI=1S/C25H34N2O4/c1-31-21(28)14-17-26-23(29)22-19-12-6-7-13-20(19)24(30)27(18-10-4-2-5-11-18)25(22)15-8-3-9-16-25/h6-7,12-13,18,22H,2-5,8-11,14-17H2,1H3,(H,26,29). The summed E-state index contributed by atoms with van der Waals surface area (Å²) in [4.78, 5) is 41.2. The molecule has 0 saturated heterocycles. The summed E-state index contributed by atoms with van der Waals surface area (Å²) in [5, 5.41) is 2.99. The van der Waals surface area contributed by atoms with Gasteiger partial charge in [-0.2, -0.15) is 0 Å². The highest BCUT2D eigenvalue weighted by Gasteiger charge is 2.56. The maximum atomic E-state index is 13.8. The fourth-order valence-electron chi connectivity index (χ4n) is 6.14. The van der Waals surface area contributed by atoms with Crippen LogP contribution in [0.5, 0.6) is 0 Å². The number of rotatable bonds is 5. The average Bonchev–Trinajstić information content (AvgIpc) is 2.80. The number of fused-ring (bicyclic) bond motifs is 1. The Bertz CT molecular complexity index is 825. The number of carbonyl (C=O) groups is 3. The Morgan fingerprint density at radius 2 is 1.74 bits per heavy atom. The second kappa shape index (κ2) is 9.41. The zero-order valence-electron chi connectivity index (χ0n) is 18.5. The molecule has 6 nitrogen and oxygen atoms in total. The smallest absolute Gasteiger partial charge is 0.307 e. The molecule has 2 amide bonds. The van der Waals surface area contributed by atoms with E-state index in [0.29, 0.717) is 5.56 Å². The summed E-state index contributed by atoms with van der Waals surface area (Å²) in [6, 6.07) is 7.84. The molecule has 1 N–H and O–H groups in total. The van der Waals surface area contributed by atoms with Gasteiger partial charge >= 0.3 is 5.97 Å². The van der Waals surface area contributed by atoms with Crippen LogP contribution in [0, 0.1) is 0 Å². The summed E-state index contributed by atoms with van der Waals surface area (Å²) in [5.74, 6) is -0.716. The summed E-state index contributed by atoms with van der Waals surface area (Å²) in [6.07, 6.45) is 10.6. The SMILES string of the molecule is COC(=O)CCNC(=O)C1c2ccccc2C(=O)N(C2CCCCC2)C12CCCCC2. The van der Waals surface area contributed by atoms with E-state index in [1.54, 1.807) is 0 Å². The van der Waals surface area contributed by atoms with Gasteiger partial charge in [-0.1, -0.05) is 56.7 Å². The van der Waals surface area contributed by atoms with Gasteiger partial charge in [0.15, 0.2) is 0 Å². The van der Waals surface area contributed by atoms with Crippen molar-refractivity contribution in [3.8, 4) is 0 Å². The van der Waals surface area contributed by atoms with E-state index >= 15 is 0 Å². The van der Waals surface area contributed by atoms with E-state index in [9.17, 15) is 14.4 Å². The molecule has 1 unspecified atom stereocenters. The number of nitrogens with zero attached hydrogens (tertiary/aromatic N) is 1. The largest absolute Gasteiger partial charge is 0.469 e. The van der Waals surface area contributed by atoms with Gasteiger partial charge in [-0.15, -0.1) is 0 Å². The number of hydrogen-bond donors (Lipinski definition) is 1. The first-order valence-corrected chi connectivity index (χ1v) is 11.9. The summed E-state index contributed by atoms with van der Waals surface area (Å²) >= 11 is 0. The second-order valence-corrected chi connectivity index (χ2v) is 9.27. The molecule has 1 aromatic rings. The van der Waals surface area contributed by atoms with Gasteiger partial charge in [0, 0.05) is 18.2 Å². The van der Waals surface area contributed by atoms with E-state index in [1.807, 2.05) is 24.3 Å². The Hall–Kier alpha value is -2.37. The van der Waals surface area contributed by atoms with Crippen molar-refractivity contribution in [1.82, 2.24) is 10.2 Å². The summed E-state index contributed by atoms with van der Waals surface area (Å²) in [6.45, 7) is 0.248. The lowest BCUT2D eigenvalue weighted by Gasteiger charge is -2.57. The molecule has 2 aliphatic carbocycles. The van der Waals surface area contributed by atoms with Crippen LogP contribution < -0.4 is 5.32 Å². The van der Waals surface area contributed by atoms with Gasteiger partial charge in [-0.25, -0.2) is 0 Å². The van der Waals surface area contributed by atoms with Crippen LogP contribution in [0.3, 0.4) is 0 Å². The third kappa shape index (κ3) is 4.09. The van der Waals surface area contributed by atoms with Crippen LogP contribution in [0.2, 0.25) is 0 Å². The molecule has 31 heavy (non-hydrogen) atoms. The molecule has 1 aliphatic heterocycles. The molecule has 1 heterocycles. The van der Waals surface area contributed by atoms with Gasteiger partial charge in [0.2, 0.25) is 5.91 Å². The predicted octanol–water partition coefficient (Wildman–Crippen LogP) is 3.94. The van der Waals surface area contributed by atoms with Crippen LogP contribution in [0.1, 0.15) is 92.5 Å². The first-order valence-electron chi connectivity index (χ1n) is 11.9. The second-order valence-electron chi connectivity index (χ2n) is 9.27. The van der Waals surface area contributed by atoms with E-state index in [0.717, 1.165) is 63.4 Å². The molecule has 1 atom stereocenters. The zero-order valence-corrected chi connectivity index (χ0v) is 18.5. The molecule has 2 fully saturated rings. The highest BCUT2D eigenvalue weighted by Crippen LogP contribution is 2.51. The Balaban J connectivity index is 1.73. The number of esters is 1. The summed E-state index contributed by atoms with van der Waals surface area (Å²) in [5.41, 5.74) is 1.04. The molecular weight excluding hydrogens is 392 g/mol. The third-order valence-electron chi connectivity index (χ3n) is 7.52. The van der Waals surface area contributed by atoms with Crippen molar-refractivity contribution in [3.63, 3.8) is 0 Å². The van der Waals surface area contributed by atoms with Gasteiger partial charge in [-0.05, 0) is 37.3 Å². The van der Waals surface area contributed by atoms with Crippen LogP contribution in [0.15, 0.2) is 24.3 Å². The van der Waals surface area contributed by atoms with Gasteiger partial charge in [-0.3, -0.25) is 14.4 Å². The van der Waals surface area contributed by atoms with Crippen molar-refractivity contribution in [2.75, 3.05) is 13.7 Å². The number of amides is 2.